The van der Waals surface area contributed by atoms with E-state index in [4.69, 9.17) is 9.52 Å². The van der Waals surface area contributed by atoms with Gasteiger partial charge in [0.05, 0.1) is 6.54 Å². The molecule has 106 valence electrons. The maximum atomic E-state index is 10.7. The first-order valence-electron chi connectivity index (χ1n) is 6.62. The van der Waals surface area contributed by atoms with Gasteiger partial charge in [-0.25, -0.2) is 4.98 Å². The average Bonchev–Trinajstić information content (AvgIpc) is 2.81. The third kappa shape index (κ3) is 2.86. The molecule has 0 saturated carbocycles. The number of halogens is 1. The summed E-state index contributed by atoms with van der Waals surface area (Å²) in [4.78, 5) is 17.2. The van der Waals surface area contributed by atoms with Gasteiger partial charge in [-0.05, 0) is 44.1 Å². The van der Waals surface area contributed by atoms with Gasteiger partial charge in [0.1, 0.15) is 5.52 Å². The molecule has 1 saturated heterocycles. The van der Waals surface area contributed by atoms with Crippen LogP contribution in [0, 0.1) is 0 Å². The molecule has 1 aromatic heterocycles. The van der Waals surface area contributed by atoms with E-state index in [0.717, 1.165) is 47.4 Å². The van der Waals surface area contributed by atoms with Crippen molar-refractivity contribution in [1.29, 1.82) is 0 Å². The molecule has 0 radical (unpaired) electrons. The summed E-state index contributed by atoms with van der Waals surface area (Å²) in [6, 6.07) is 5.80. The fraction of sp³-hybridized carbons (Fsp3) is 0.429. The van der Waals surface area contributed by atoms with Crippen LogP contribution in [0.4, 0.5) is 0 Å². The summed E-state index contributed by atoms with van der Waals surface area (Å²) in [5.74, 6) is 0.287. The number of fused-ring (bicyclic) bond motifs is 1. The molecule has 1 fully saturated rings. The Morgan fingerprint density at radius 3 is 2.90 bits per heavy atom. The fourth-order valence-electron chi connectivity index (χ4n) is 2.62. The minimum absolute atomic E-state index is 0.118. The van der Waals surface area contributed by atoms with Crippen LogP contribution >= 0.6 is 15.9 Å². The van der Waals surface area contributed by atoms with Crippen molar-refractivity contribution in [2.75, 3.05) is 19.6 Å². The molecule has 20 heavy (non-hydrogen) atoms. The predicted octanol–water partition coefficient (Wildman–Crippen LogP) is 2.85. The van der Waals surface area contributed by atoms with Crippen molar-refractivity contribution in [3.63, 3.8) is 0 Å². The maximum absolute atomic E-state index is 10.7. The number of hydrogen-bond acceptors (Lipinski definition) is 4. The topological polar surface area (TPSA) is 66.6 Å². The molecular formula is C14H15BrN2O3. The summed E-state index contributed by atoms with van der Waals surface area (Å²) >= 11 is 3.42. The molecule has 0 bridgehead atoms. The van der Waals surface area contributed by atoms with E-state index in [1.54, 1.807) is 0 Å². The number of hydrogen-bond donors (Lipinski definition) is 1. The van der Waals surface area contributed by atoms with E-state index in [9.17, 15) is 4.79 Å². The number of carboxylic acids is 1. The normalized spacial score (nSPS) is 17.6. The quantitative estimate of drug-likeness (QED) is 0.931. The highest BCUT2D eigenvalue weighted by Gasteiger charge is 2.25. The lowest BCUT2D eigenvalue weighted by molar-refractivity contribution is -0.138. The Balaban J connectivity index is 1.71. The SMILES string of the molecule is O=C(O)CN1CCC(c2nc3cc(Br)ccc3o2)CC1. The van der Waals surface area contributed by atoms with Gasteiger partial charge in [0.15, 0.2) is 11.5 Å². The van der Waals surface area contributed by atoms with Crippen LogP contribution in [0.1, 0.15) is 24.7 Å². The lowest BCUT2D eigenvalue weighted by Gasteiger charge is -2.28. The van der Waals surface area contributed by atoms with Crippen LogP contribution in [0.2, 0.25) is 0 Å². The second-order valence-electron chi connectivity index (χ2n) is 5.11. The van der Waals surface area contributed by atoms with E-state index in [1.807, 2.05) is 23.1 Å². The molecule has 0 atom stereocenters. The Morgan fingerprint density at radius 2 is 2.20 bits per heavy atom. The molecule has 1 aliphatic rings. The number of nitrogens with zero attached hydrogens (tertiary/aromatic N) is 2. The first-order valence-corrected chi connectivity index (χ1v) is 7.41. The second kappa shape index (κ2) is 5.54. The van der Waals surface area contributed by atoms with Gasteiger partial charge in [-0.15, -0.1) is 0 Å². The van der Waals surface area contributed by atoms with E-state index in [2.05, 4.69) is 20.9 Å². The number of carbonyl (C=O) groups is 1. The van der Waals surface area contributed by atoms with E-state index < -0.39 is 5.97 Å². The van der Waals surface area contributed by atoms with Gasteiger partial charge < -0.3 is 9.52 Å². The summed E-state index contributed by atoms with van der Waals surface area (Å²) in [5, 5.41) is 8.79. The van der Waals surface area contributed by atoms with Crippen molar-refractivity contribution < 1.29 is 14.3 Å². The van der Waals surface area contributed by atoms with Crippen LogP contribution in [0.15, 0.2) is 27.1 Å². The van der Waals surface area contributed by atoms with Crippen LogP contribution in [0.5, 0.6) is 0 Å². The summed E-state index contributed by atoms with van der Waals surface area (Å²) < 4.78 is 6.80. The van der Waals surface area contributed by atoms with Crippen LogP contribution in [0.25, 0.3) is 11.1 Å². The fourth-order valence-corrected chi connectivity index (χ4v) is 2.97. The molecule has 2 heterocycles. The zero-order valence-corrected chi connectivity index (χ0v) is 12.5. The van der Waals surface area contributed by atoms with Gasteiger partial charge in [-0.1, -0.05) is 15.9 Å². The van der Waals surface area contributed by atoms with Gasteiger partial charge in [0.25, 0.3) is 0 Å². The highest BCUT2D eigenvalue weighted by atomic mass is 79.9. The average molecular weight is 339 g/mol. The van der Waals surface area contributed by atoms with E-state index >= 15 is 0 Å². The Kier molecular flexibility index (Phi) is 3.76. The first kappa shape index (κ1) is 13.6. The number of piperidine rings is 1. The van der Waals surface area contributed by atoms with Crippen LogP contribution in [0.3, 0.4) is 0 Å². The van der Waals surface area contributed by atoms with Crippen molar-refractivity contribution in [3.8, 4) is 0 Å². The smallest absolute Gasteiger partial charge is 0.317 e. The third-order valence-electron chi connectivity index (χ3n) is 3.66. The predicted molar refractivity (Wildman–Crippen MR) is 77.8 cm³/mol. The Hall–Kier alpha value is -1.40. The first-order chi connectivity index (χ1) is 9.61. The molecule has 0 spiro atoms. The summed E-state index contributed by atoms with van der Waals surface area (Å²) in [7, 11) is 0. The van der Waals surface area contributed by atoms with Crippen LogP contribution in [-0.2, 0) is 4.79 Å². The van der Waals surface area contributed by atoms with Crippen molar-refractivity contribution in [1.82, 2.24) is 9.88 Å². The minimum atomic E-state index is -0.768. The highest BCUT2D eigenvalue weighted by Crippen LogP contribution is 2.30. The minimum Gasteiger partial charge on any atom is -0.480 e. The van der Waals surface area contributed by atoms with Gasteiger partial charge in [-0.3, -0.25) is 9.69 Å². The van der Waals surface area contributed by atoms with Crippen molar-refractivity contribution >= 4 is 33.0 Å². The molecule has 1 aromatic carbocycles. The molecule has 3 rings (SSSR count). The maximum Gasteiger partial charge on any atom is 0.317 e. The van der Waals surface area contributed by atoms with Gasteiger partial charge in [0.2, 0.25) is 0 Å². The van der Waals surface area contributed by atoms with E-state index in [0.29, 0.717) is 0 Å². The number of rotatable bonds is 3. The molecule has 1 aliphatic heterocycles. The Labute approximate surface area is 124 Å². The van der Waals surface area contributed by atoms with Gasteiger partial charge in [-0.2, -0.15) is 0 Å². The third-order valence-corrected chi connectivity index (χ3v) is 4.16. The monoisotopic (exact) mass is 338 g/mol. The van der Waals surface area contributed by atoms with Gasteiger partial charge >= 0.3 is 5.97 Å². The molecule has 5 nitrogen and oxygen atoms in total. The van der Waals surface area contributed by atoms with E-state index in [1.165, 1.54) is 0 Å². The Morgan fingerprint density at radius 1 is 1.45 bits per heavy atom. The number of likely N-dealkylation sites (tertiary alicyclic amines) is 1. The lowest BCUT2D eigenvalue weighted by Crippen LogP contribution is -2.36. The molecule has 0 unspecified atom stereocenters. The highest BCUT2D eigenvalue weighted by molar-refractivity contribution is 9.10. The summed E-state index contributed by atoms with van der Waals surface area (Å²) in [6.45, 7) is 1.67. The molecule has 1 N–H and O–H groups in total. The standard InChI is InChI=1S/C14H15BrN2O3/c15-10-1-2-12-11(7-10)16-14(20-12)9-3-5-17(6-4-9)8-13(18)19/h1-2,7,9H,3-6,8H2,(H,18,19). The number of carboxylic acid groups (broad SMARTS) is 1. The van der Waals surface area contributed by atoms with Crippen molar-refractivity contribution in [2.24, 2.45) is 0 Å². The Bertz CT molecular complexity index is 632. The van der Waals surface area contributed by atoms with E-state index in [-0.39, 0.29) is 12.5 Å². The van der Waals surface area contributed by atoms with Crippen molar-refractivity contribution in [2.45, 2.75) is 18.8 Å². The lowest BCUT2D eigenvalue weighted by atomic mass is 9.97. The number of aliphatic carboxylic acids is 1. The molecular weight excluding hydrogens is 324 g/mol. The molecule has 0 aliphatic carbocycles. The molecule has 2 aromatic rings. The largest absolute Gasteiger partial charge is 0.480 e. The summed E-state index contributed by atoms with van der Waals surface area (Å²) in [5.41, 5.74) is 1.67. The van der Waals surface area contributed by atoms with Gasteiger partial charge in [0, 0.05) is 10.4 Å². The summed E-state index contributed by atoms with van der Waals surface area (Å²) in [6.07, 6.45) is 1.78. The second-order valence-corrected chi connectivity index (χ2v) is 6.02. The number of aromatic nitrogens is 1. The zero-order chi connectivity index (χ0) is 14.1. The van der Waals surface area contributed by atoms with Crippen molar-refractivity contribution in [3.05, 3.63) is 28.6 Å². The molecule has 0 amide bonds. The number of oxazole rings is 1. The molecule has 6 heteroatoms. The van der Waals surface area contributed by atoms with Crippen LogP contribution < -0.4 is 0 Å². The van der Waals surface area contributed by atoms with Crippen LogP contribution in [-0.4, -0.2) is 40.6 Å². The zero-order valence-electron chi connectivity index (χ0n) is 10.9. The number of benzene rings is 1.